The quantitative estimate of drug-likeness (QED) is 0.434. The number of aliphatic hydroxyl groups is 1. The summed E-state index contributed by atoms with van der Waals surface area (Å²) in [5.74, 6) is 1.01. The maximum absolute atomic E-state index is 10.9. The lowest BCUT2D eigenvalue weighted by Gasteiger charge is -2.47. The van der Waals surface area contributed by atoms with Crippen LogP contribution in [0.5, 0.6) is 11.5 Å². The summed E-state index contributed by atoms with van der Waals surface area (Å²) in [7, 11) is 0. The number of hydrogen-bond donors (Lipinski definition) is 2. The van der Waals surface area contributed by atoms with Crippen LogP contribution >= 0.6 is 0 Å². The van der Waals surface area contributed by atoms with E-state index in [9.17, 15) is 20.3 Å². The molecule has 1 aliphatic heterocycles. The minimum Gasteiger partial charge on any atom is -0.507 e. The van der Waals surface area contributed by atoms with Crippen LogP contribution in [0.15, 0.2) is 23.8 Å². The Morgan fingerprint density at radius 3 is 2.75 bits per heavy atom. The number of phenols is 1. The van der Waals surface area contributed by atoms with E-state index in [0.29, 0.717) is 12.2 Å². The van der Waals surface area contributed by atoms with Gasteiger partial charge in [0, 0.05) is 17.4 Å². The molecule has 1 aromatic rings. The van der Waals surface area contributed by atoms with Gasteiger partial charge in [0.2, 0.25) is 0 Å². The molecule has 7 nitrogen and oxygen atoms in total. The Labute approximate surface area is 165 Å². The lowest BCUT2D eigenvalue weighted by Crippen LogP contribution is -2.45. The van der Waals surface area contributed by atoms with Gasteiger partial charge in [0.1, 0.15) is 17.1 Å². The zero-order valence-corrected chi connectivity index (χ0v) is 16.9. The second-order valence-corrected chi connectivity index (χ2v) is 8.96. The normalized spacial score (nSPS) is 23.1. The molecule has 2 aliphatic rings. The highest BCUT2D eigenvalue weighted by molar-refractivity contribution is 5.55. The van der Waals surface area contributed by atoms with Crippen molar-refractivity contribution in [2.24, 2.45) is 5.92 Å². The van der Waals surface area contributed by atoms with Crippen LogP contribution in [0.2, 0.25) is 0 Å². The van der Waals surface area contributed by atoms with Gasteiger partial charge < -0.3 is 19.8 Å². The molecule has 0 saturated heterocycles. The highest BCUT2D eigenvalue weighted by Crippen LogP contribution is 2.54. The fourth-order valence-electron chi connectivity index (χ4n) is 4.47. The molecule has 3 rings (SSSR count). The Bertz CT molecular complexity index is 798. The third-order valence-electron chi connectivity index (χ3n) is 6.25. The molecule has 0 amide bonds. The first-order chi connectivity index (χ1) is 13.0. The molecule has 0 saturated carbocycles. The molecule has 7 heteroatoms. The predicted octanol–water partition coefficient (Wildman–Crippen LogP) is 3.85. The van der Waals surface area contributed by atoms with Gasteiger partial charge in [0.05, 0.1) is 13.2 Å². The molecular weight excluding hydrogens is 362 g/mol. The Kier molecular flexibility index (Phi) is 5.32. The fourth-order valence-corrected chi connectivity index (χ4v) is 4.47. The Morgan fingerprint density at radius 1 is 1.39 bits per heavy atom. The summed E-state index contributed by atoms with van der Waals surface area (Å²) in [6, 6.07) is 3.66. The van der Waals surface area contributed by atoms with E-state index >= 15 is 0 Å². The van der Waals surface area contributed by atoms with E-state index in [-0.39, 0.29) is 30.8 Å². The minimum atomic E-state index is -0.791. The molecule has 2 atom stereocenters. The predicted molar refractivity (Wildman–Crippen MR) is 104 cm³/mol. The number of phenolic OH excluding ortho intramolecular Hbond substituents is 1. The number of hydrogen-bond acceptors (Lipinski definition) is 6. The minimum absolute atomic E-state index is 0.00960. The number of nitrogens with zero attached hydrogens (tertiary/aromatic N) is 1. The Morgan fingerprint density at radius 2 is 2.11 bits per heavy atom. The van der Waals surface area contributed by atoms with Crippen LogP contribution < -0.4 is 4.74 Å². The number of allylic oxidation sites excluding steroid dienone is 1. The monoisotopic (exact) mass is 391 g/mol. The summed E-state index contributed by atoms with van der Waals surface area (Å²) in [5.41, 5.74) is 1.75. The van der Waals surface area contributed by atoms with E-state index in [4.69, 9.17) is 4.74 Å². The van der Waals surface area contributed by atoms with Crippen molar-refractivity contribution in [3.63, 3.8) is 0 Å². The highest BCUT2D eigenvalue weighted by atomic mass is 16.9. The molecule has 0 radical (unpaired) electrons. The van der Waals surface area contributed by atoms with Crippen LogP contribution in [0.4, 0.5) is 0 Å². The van der Waals surface area contributed by atoms with Gasteiger partial charge in [-0.25, -0.2) is 0 Å². The van der Waals surface area contributed by atoms with Crippen LogP contribution in [0.25, 0.3) is 0 Å². The molecule has 1 aromatic carbocycles. The molecule has 0 bridgehead atoms. The molecule has 28 heavy (non-hydrogen) atoms. The Hall–Kier alpha value is -2.28. The molecule has 0 fully saturated rings. The van der Waals surface area contributed by atoms with E-state index in [1.807, 2.05) is 19.9 Å². The number of aromatic hydroxyl groups is 1. The van der Waals surface area contributed by atoms with Crippen molar-refractivity contribution in [2.45, 2.75) is 63.9 Å². The second-order valence-electron chi connectivity index (χ2n) is 8.96. The number of aliphatic hydroxyl groups excluding tert-OH is 1. The summed E-state index contributed by atoms with van der Waals surface area (Å²) in [6.45, 7) is 8.05. The smallest absolute Gasteiger partial charge is 0.294 e. The van der Waals surface area contributed by atoms with Gasteiger partial charge in [-0.05, 0) is 61.8 Å². The average Bonchev–Trinajstić information content (AvgIpc) is 2.59. The zero-order valence-electron chi connectivity index (χ0n) is 16.9. The summed E-state index contributed by atoms with van der Waals surface area (Å²) < 4.78 is 6.33. The van der Waals surface area contributed by atoms with E-state index < -0.39 is 16.1 Å². The Balaban J connectivity index is 1.99. The number of benzene rings is 1. The number of ether oxygens (including phenoxy) is 1. The highest BCUT2D eigenvalue weighted by Gasteiger charge is 2.45. The topological polar surface area (TPSA) is 102 Å². The van der Waals surface area contributed by atoms with Gasteiger partial charge in [-0.2, -0.15) is 0 Å². The maximum atomic E-state index is 10.9. The molecule has 0 unspecified atom stereocenters. The van der Waals surface area contributed by atoms with Crippen molar-refractivity contribution < 1.29 is 24.9 Å². The maximum Gasteiger partial charge on any atom is 0.294 e. The molecule has 1 heterocycles. The first-order valence-electron chi connectivity index (χ1n) is 9.69. The van der Waals surface area contributed by atoms with Crippen LogP contribution in [-0.4, -0.2) is 34.1 Å². The van der Waals surface area contributed by atoms with Crippen molar-refractivity contribution in [3.05, 3.63) is 45.0 Å². The van der Waals surface area contributed by atoms with E-state index in [1.165, 1.54) is 0 Å². The van der Waals surface area contributed by atoms with Crippen molar-refractivity contribution in [1.82, 2.24) is 0 Å². The van der Waals surface area contributed by atoms with E-state index in [1.54, 1.807) is 6.07 Å². The molecule has 1 aliphatic carbocycles. The van der Waals surface area contributed by atoms with E-state index in [2.05, 4.69) is 24.8 Å². The fraction of sp³-hybridized carbons (Fsp3) is 0.619. The van der Waals surface area contributed by atoms with Crippen molar-refractivity contribution >= 4 is 0 Å². The van der Waals surface area contributed by atoms with Gasteiger partial charge >= 0.3 is 0 Å². The molecular formula is C21H29NO6. The first-order valence-corrected chi connectivity index (χ1v) is 9.69. The summed E-state index contributed by atoms with van der Waals surface area (Å²) in [4.78, 5) is 14.9. The molecule has 2 N–H and O–H groups in total. The second kappa shape index (κ2) is 7.28. The molecule has 0 aromatic heterocycles. The van der Waals surface area contributed by atoms with Gasteiger partial charge in [0.15, 0.2) is 0 Å². The number of fused-ring (bicyclic) bond motifs is 3. The SMILES string of the molecule is CC(C)(CCO[N+](=O)[O-])c1cc(O)c2c(c1)OC(C)(C)[C@@H]1CCC(CO)=C[C@@H]21. The number of rotatable bonds is 6. The van der Waals surface area contributed by atoms with Crippen molar-refractivity contribution in [3.8, 4) is 11.5 Å². The van der Waals surface area contributed by atoms with Crippen molar-refractivity contribution in [1.29, 1.82) is 0 Å². The van der Waals surface area contributed by atoms with Crippen LogP contribution in [-0.2, 0) is 10.3 Å². The van der Waals surface area contributed by atoms with Gasteiger partial charge in [-0.3, -0.25) is 0 Å². The lowest BCUT2D eigenvalue weighted by molar-refractivity contribution is -0.758. The van der Waals surface area contributed by atoms with Gasteiger partial charge in [-0.1, -0.05) is 19.9 Å². The standard InChI is InChI=1S/C21H29NO6/c1-20(2,7-8-27-22(25)26)14-10-17(24)19-15-9-13(12-23)5-6-16(15)21(3,4)28-18(19)11-14/h9-11,15-16,23-24H,5-8,12H2,1-4H3/t15-,16-/m1/s1. The molecule has 154 valence electrons. The lowest BCUT2D eigenvalue weighted by atomic mass is 9.67. The molecule has 0 spiro atoms. The largest absolute Gasteiger partial charge is 0.507 e. The van der Waals surface area contributed by atoms with Crippen molar-refractivity contribution in [2.75, 3.05) is 13.2 Å². The third kappa shape index (κ3) is 3.81. The van der Waals surface area contributed by atoms with Gasteiger partial charge in [-0.15, -0.1) is 10.1 Å². The van der Waals surface area contributed by atoms with Gasteiger partial charge in [0.25, 0.3) is 5.09 Å². The first kappa shape index (κ1) is 20.5. The third-order valence-corrected chi connectivity index (χ3v) is 6.25. The van der Waals surface area contributed by atoms with Crippen LogP contribution in [0.3, 0.4) is 0 Å². The van der Waals surface area contributed by atoms with Crippen LogP contribution in [0.1, 0.15) is 64.0 Å². The van der Waals surface area contributed by atoms with E-state index in [0.717, 1.165) is 29.5 Å². The summed E-state index contributed by atoms with van der Waals surface area (Å²) in [6.07, 6.45) is 4.24. The summed E-state index contributed by atoms with van der Waals surface area (Å²) >= 11 is 0. The zero-order chi connectivity index (χ0) is 20.7. The summed E-state index contributed by atoms with van der Waals surface area (Å²) in [5, 5.41) is 30.1. The van der Waals surface area contributed by atoms with Crippen LogP contribution in [0, 0.1) is 16.0 Å². The average molecular weight is 391 g/mol.